The van der Waals surface area contributed by atoms with E-state index in [1.54, 1.807) is 13.8 Å². The second-order valence-corrected chi connectivity index (χ2v) is 3.98. The van der Waals surface area contributed by atoms with Gasteiger partial charge in [-0.1, -0.05) is 35.5 Å². The van der Waals surface area contributed by atoms with Gasteiger partial charge in [0.2, 0.25) is 5.84 Å². The van der Waals surface area contributed by atoms with Gasteiger partial charge < -0.3 is 9.57 Å². The van der Waals surface area contributed by atoms with Gasteiger partial charge in [-0.05, 0) is 13.8 Å². The van der Waals surface area contributed by atoms with Crippen LogP contribution in [0.3, 0.4) is 0 Å². The zero-order valence-corrected chi connectivity index (χ0v) is 11.6. The quantitative estimate of drug-likeness (QED) is 0.787. The zero-order chi connectivity index (χ0) is 14.5. The second-order valence-electron chi connectivity index (χ2n) is 3.98. The van der Waals surface area contributed by atoms with E-state index in [0.29, 0.717) is 11.5 Å². The highest BCUT2D eigenvalue weighted by molar-refractivity contribution is 6.00. The Morgan fingerprint density at radius 1 is 1.35 bits per heavy atom. The number of nitrogens with zero attached hydrogens (tertiary/aromatic N) is 2. The monoisotopic (exact) mass is 276 g/mol. The van der Waals surface area contributed by atoms with Crippen LogP contribution in [0.4, 0.5) is 0 Å². The van der Waals surface area contributed by atoms with Crippen molar-refractivity contribution in [3.8, 4) is 0 Å². The maximum atomic E-state index is 11.8. The molecule has 1 aliphatic heterocycles. The smallest absolute Gasteiger partial charge is 0.379 e. The maximum absolute atomic E-state index is 11.8. The van der Waals surface area contributed by atoms with E-state index in [2.05, 4.69) is 5.16 Å². The van der Waals surface area contributed by atoms with Gasteiger partial charge in [-0.25, -0.2) is 9.86 Å². The van der Waals surface area contributed by atoms with E-state index in [0.717, 1.165) is 5.56 Å². The van der Waals surface area contributed by atoms with Crippen molar-refractivity contribution in [1.29, 1.82) is 0 Å². The largest absolute Gasteiger partial charge is 0.460 e. The molecule has 0 atom stereocenters. The highest BCUT2D eigenvalue weighted by Gasteiger charge is 2.29. The minimum Gasteiger partial charge on any atom is -0.460 e. The lowest BCUT2D eigenvalue weighted by molar-refractivity contribution is -0.144. The number of rotatable bonds is 4. The molecule has 0 amide bonds. The Labute approximate surface area is 117 Å². The predicted molar refractivity (Wildman–Crippen MR) is 72.2 cm³/mol. The standard InChI is InChI=1S/C14H16N2O4/c1-4-19-14(17)12-10(2)16(18-3)13(15-20-12)11-8-6-5-7-9-11/h5-9H,4H2,1-3H3. The van der Waals surface area contributed by atoms with Crippen molar-refractivity contribution < 1.29 is 19.2 Å². The first-order valence-corrected chi connectivity index (χ1v) is 6.21. The Balaban J connectivity index is 2.31. The molecule has 0 unspecified atom stereocenters. The van der Waals surface area contributed by atoms with Crippen LogP contribution in [0.1, 0.15) is 19.4 Å². The second kappa shape index (κ2) is 6.21. The molecule has 0 N–H and O–H groups in total. The molecule has 0 aromatic heterocycles. The zero-order valence-electron chi connectivity index (χ0n) is 11.6. The van der Waals surface area contributed by atoms with E-state index in [1.807, 2.05) is 30.3 Å². The van der Waals surface area contributed by atoms with Crippen LogP contribution in [-0.4, -0.2) is 30.6 Å². The van der Waals surface area contributed by atoms with Gasteiger partial charge in [-0.2, -0.15) is 0 Å². The molecule has 2 rings (SSSR count). The number of hydrogen-bond acceptors (Lipinski definition) is 6. The van der Waals surface area contributed by atoms with E-state index < -0.39 is 5.97 Å². The predicted octanol–water partition coefficient (Wildman–Crippen LogP) is 2.04. The van der Waals surface area contributed by atoms with Crippen LogP contribution in [-0.2, 0) is 19.2 Å². The summed E-state index contributed by atoms with van der Waals surface area (Å²) < 4.78 is 4.91. The lowest BCUT2D eigenvalue weighted by atomic mass is 10.2. The van der Waals surface area contributed by atoms with E-state index in [-0.39, 0.29) is 12.4 Å². The summed E-state index contributed by atoms with van der Waals surface area (Å²) in [4.78, 5) is 22.2. The summed E-state index contributed by atoms with van der Waals surface area (Å²) in [5, 5.41) is 5.38. The van der Waals surface area contributed by atoms with Crippen LogP contribution in [0.25, 0.3) is 0 Å². The van der Waals surface area contributed by atoms with Gasteiger partial charge in [0.25, 0.3) is 5.76 Å². The molecule has 1 aliphatic rings. The summed E-state index contributed by atoms with van der Waals surface area (Å²) in [6.45, 7) is 3.69. The summed E-state index contributed by atoms with van der Waals surface area (Å²) in [6.07, 6.45) is 0. The van der Waals surface area contributed by atoms with Gasteiger partial charge in [0.15, 0.2) is 0 Å². The molecule has 20 heavy (non-hydrogen) atoms. The number of carbonyl (C=O) groups is 1. The Morgan fingerprint density at radius 2 is 2.05 bits per heavy atom. The molecule has 0 bridgehead atoms. The minimum atomic E-state index is -0.567. The summed E-state index contributed by atoms with van der Waals surface area (Å²) in [5.74, 6) is -0.0741. The van der Waals surface area contributed by atoms with Crippen LogP contribution in [0.15, 0.2) is 46.9 Å². The normalized spacial score (nSPS) is 14.8. The Kier molecular flexibility index (Phi) is 4.37. The number of ether oxygens (including phenoxy) is 1. The van der Waals surface area contributed by atoms with E-state index in [4.69, 9.17) is 14.4 Å². The Morgan fingerprint density at radius 3 is 2.65 bits per heavy atom. The van der Waals surface area contributed by atoms with Gasteiger partial charge in [0.05, 0.1) is 19.4 Å². The third-order valence-electron chi connectivity index (χ3n) is 2.72. The van der Waals surface area contributed by atoms with Crippen LogP contribution in [0, 0.1) is 0 Å². The highest BCUT2D eigenvalue weighted by Crippen LogP contribution is 2.22. The van der Waals surface area contributed by atoms with Crippen molar-refractivity contribution in [2.24, 2.45) is 5.16 Å². The van der Waals surface area contributed by atoms with Gasteiger partial charge >= 0.3 is 5.97 Å². The van der Waals surface area contributed by atoms with Crippen LogP contribution in [0.5, 0.6) is 0 Å². The van der Waals surface area contributed by atoms with Crippen molar-refractivity contribution in [3.05, 3.63) is 47.4 Å². The third-order valence-corrected chi connectivity index (χ3v) is 2.72. The summed E-state index contributed by atoms with van der Waals surface area (Å²) in [7, 11) is 1.50. The molecule has 106 valence electrons. The van der Waals surface area contributed by atoms with Gasteiger partial charge in [0, 0.05) is 5.56 Å². The van der Waals surface area contributed by atoms with Gasteiger partial charge in [-0.3, -0.25) is 4.84 Å². The van der Waals surface area contributed by atoms with E-state index in [9.17, 15) is 4.79 Å². The molecule has 6 heteroatoms. The first kappa shape index (κ1) is 14.1. The fourth-order valence-electron chi connectivity index (χ4n) is 1.81. The molecule has 1 aromatic rings. The molecular formula is C14H16N2O4. The minimum absolute atomic E-state index is 0.0216. The number of oxime groups is 1. The van der Waals surface area contributed by atoms with Crippen LogP contribution >= 0.6 is 0 Å². The van der Waals surface area contributed by atoms with Crippen LogP contribution < -0.4 is 0 Å². The molecule has 0 aliphatic carbocycles. The van der Waals surface area contributed by atoms with Crippen molar-refractivity contribution in [1.82, 2.24) is 5.06 Å². The highest BCUT2D eigenvalue weighted by atomic mass is 16.7. The van der Waals surface area contributed by atoms with Gasteiger partial charge in [-0.15, -0.1) is 0 Å². The topological polar surface area (TPSA) is 60.4 Å². The average molecular weight is 276 g/mol. The molecule has 1 heterocycles. The van der Waals surface area contributed by atoms with Crippen LogP contribution in [0.2, 0.25) is 0 Å². The Bertz CT molecular complexity index is 552. The van der Waals surface area contributed by atoms with Crippen molar-refractivity contribution in [2.45, 2.75) is 13.8 Å². The number of hydrogen-bond donors (Lipinski definition) is 0. The lowest BCUT2D eigenvalue weighted by Gasteiger charge is -2.27. The first-order valence-electron chi connectivity index (χ1n) is 6.21. The molecule has 1 aromatic carbocycles. The SMILES string of the molecule is CCOC(=O)C1=C(C)N(OC)C(c2ccccc2)=NO1. The number of benzene rings is 1. The summed E-state index contributed by atoms with van der Waals surface area (Å²) in [5.41, 5.74) is 1.30. The fourth-order valence-corrected chi connectivity index (χ4v) is 1.81. The molecule has 0 fully saturated rings. The maximum Gasteiger partial charge on any atom is 0.379 e. The van der Waals surface area contributed by atoms with E-state index in [1.165, 1.54) is 12.2 Å². The number of hydroxylamine groups is 2. The molecule has 6 nitrogen and oxygen atoms in total. The van der Waals surface area contributed by atoms with Crippen molar-refractivity contribution in [2.75, 3.05) is 13.7 Å². The average Bonchev–Trinajstić information content (AvgIpc) is 2.48. The molecule has 0 radical (unpaired) electrons. The summed E-state index contributed by atoms with van der Waals surface area (Å²) >= 11 is 0. The molecule has 0 saturated heterocycles. The molecular weight excluding hydrogens is 260 g/mol. The first-order chi connectivity index (χ1) is 9.69. The van der Waals surface area contributed by atoms with Crippen molar-refractivity contribution >= 4 is 11.8 Å². The molecule has 0 saturated carbocycles. The number of amidine groups is 1. The number of carbonyl (C=O) groups excluding carboxylic acids is 1. The van der Waals surface area contributed by atoms with E-state index >= 15 is 0 Å². The summed E-state index contributed by atoms with van der Waals surface area (Å²) in [6, 6.07) is 9.41. The lowest BCUT2D eigenvalue weighted by Crippen LogP contribution is -2.34. The number of esters is 1. The third kappa shape index (κ3) is 2.65. The fraction of sp³-hybridized carbons (Fsp3) is 0.286. The van der Waals surface area contributed by atoms with Crippen molar-refractivity contribution in [3.63, 3.8) is 0 Å². The Hall–Kier alpha value is -2.34. The number of allylic oxidation sites excluding steroid dienone is 1. The van der Waals surface area contributed by atoms with Gasteiger partial charge in [0.1, 0.15) is 0 Å². The molecule has 0 spiro atoms.